The molecule has 1 aromatic rings. The van der Waals surface area contributed by atoms with Crippen LogP contribution < -0.4 is 4.98 Å². The maximum Gasteiger partial charge on any atom is 1.00 e. The first-order chi connectivity index (χ1) is 2.50. The summed E-state index contributed by atoms with van der Waals surface area (Å²) in [6, 6.07) is 0. The summed E-state index contributed by atoms with van der Waals surface area (Å²) < 4.78 is 0. The van der Waals surface area contributed by atoms with E-state index in [0.717, 1.165) is 0 Å². The maximum atomic E-state index is 3.50. The Morgan fingerprint density at radius 2 is 1.67 bits per heavy atom. The van der Waals surface area contributed by atoms with E-state index in [9.17, 15) is 0 Å². The number of nitrogens with zero attached hydrogens (tertiary/aromatic N) is 3. The van der Waals surface area contributed by atoms with Crippen LogP contribution in [0.5, 0.6) is 0 Å². The summed E-state index contributed by atoms with van der Waals surface area (Å²) in [7, 11) is 0. The standard InChI is InChI=1S/C2H2N3.Au/c1-3-2-5-4-1;/h1-2H;/q-1;+1. The van der Waals surface area contributed by atoms with Gasteiger partial charge in [-0.3, -0.25) is 0 Å². The molecule has 0 aliphatic heterocycles. The molecule has 0 aliphatic rings. The fraction of sp³-hybridized carbons (Fsp3) is 0. The summed E-state index contributed by atoms with van der Waals surface area (Å²) >= 11 is 0. The Bertz CT molecular complexity index is 65.3. The van der Waals surface area contributed by atoms with Crippen molar-refractivity contribution in [3.8, 4) is 0 Å². The van der Waals surface area contributed by atoms with Crippen molar-refractivity contribution in [1.29, 1.82) is 0 Å². The summed E-state index contributed by atoms with van der Waals surface area (Å²) in [4.78, 5) is 3.50. The molecule has 0 N–H and O–H groups in total. The molecular weight excluding hydrogens is 263 g/mol. The van der Waals surface area contributed by atoms with Crippen LogP contribution in [0.1, 0.15) is 0 Å². The fourth-order valence-corrected chi connectivity index (χ4v) is 0.149. The van der Waals surface area contributed by atoms with Gasteiger partial charge in [-0.15, -0.1) is 0 Å². The second-order valence-electron chi connectivity index (χ2n) is 0.611. The largest absolute Gasteiger partial charge is 1.00 e. The van der Waals surface area contributed by atoms with E-state index < -0.39 is 0 Å². The minimum atomic E-state index is 0. The molecule has 1 aromatic heterocycles. The van der Waals surface area contributed by atoms with Gasteiger partial charge in [-0.05, 0) is 12.7 Å². The quantitative estimate of drug-likeness (QED) is 0.590. The van der Waals surface area contributed by atoms with Crippen molar-refractivity contribution in [2.75, 3.05) is 0 Å². The summed E-state index contributed by atoms with van der Waals surface area (Å²) in [5.74, 6) is 0. The summed E-state index contributed by atoms with van der Waals surface area (Å²) in [5, 5.41) is 6.72. The second kappa shape index (κ2) is 3.09. The van der Waals surface area contributed by atoms with Gasteiger partial charge in [0.2, 0.25) is 0 Å². The van der Waals surface area contributed by atoms with Crippen molar-refractivity contribution in [3.63, 3.8) is 0 Å². The molecule has 0 atom stereocenters. The van der Waals surface area contributed by atoms with Gasteiger partial charge < -0.3 is 15.2 Å². The monoisotopic (exact) mass is 265 g/mol. The fourth-order valence-electron chi connectivity index (χ4n) is 0.149. The minimum absolute atomic E-state index is 0. The van der Waals surface area contributed by atoms with Crippen LogP contribution in [-0.4, -0.2) is 10.2 Å². The Hall–Kier alpha value is -0.120. The molecule has 0 spiro atoms. The van der Waals surface area contributed by atoms with Gasteiger partial charge in [-0.25, -0.2) is 0 Å². The summed E-state index contributed by atoms with van der Waals surface area (Å²) in [5.41, 5.74) is 0. The van der Waals surface area contributed by atoms with Crippen LogP contribution in [-0.2, 0) is 22.4 Å². The molecule has 0 fully saturated rings. The third kappa shape index (κ3) is 1.35. The molecule has 0 saturated heterocycles. The van der Waals surface area contributed by atoms with Crippen LogP contribution in [0.4, 0.5) is 0 Å². The van der Waals surface area contributed by atoms with E-state index in [1.54, 1.807) is 0 Å². The molecule has 36 valence electrons. The Morgan fingerprint density at radius 3 is 1.83 bits per heavy atom. The van der Waals surface area contributed by atoms with E-state index in [4.69, 9.17) is 0 Å². The van der Waals surface area contributed by atoms with Gasteiger partial charge in [0.05, 0.1) is 0 Å². The number of rotatable bonds is 0. The second-order valence-corrected chi connectivity index (χ2v) is 0.611. The normalized spacial score (nSPS) is 6.67. The van der Waals surface area contributed by atoms with E-state index in [1.807, 2.05) is 0 Å². The SMILES string of the molecule is [Au+].c1nnc[n-]1. The Morgan fingerprint density at radius 1 is 1.17 bits per heavy atom. The van der Waals surface area contributed by atoms with Crippen LogP contribution in [0.2, 0.25) is 0 Å². The molecule has 1 rings (SSSR count). The minimum Gasteiger partial charge on any atom is -0.374 e. The van der Waals surface area contributed by atoms with Gasteiger partial charge in [-0.2, -0.15) is 0 Å². The van der Waals surface area contributed by atoms with Gasteiger partial charge in [0.15, 0.2) is 0 Å². The van der Waals surface area contributed by atoms with Crippen molar-refractivity contribution in [2.24, 2.45) is 0 Å². The van der Waals surface area contributed by atoms with Crippen LogP contribution in [0.25, 0.3) is 0 Å². The molecular formula is C2H2AuN3. The van der Waals surface area contributed by atoms with E-state index >= 15 is 0 Å². The van der Waals surface area contributed by atoms with E-state index in [0.29, 0.717) is 0 Å². The summed E-state index contributed by atoms with van der Waals surface area (Å²) in [6.07, 6.45) is 2.78. The van der Waals surface area contributed by atoms with Crippen molar-refractivity contribution in [1.82, 2.24) is 15.2 Å². The summed E-state index contributed by atoms with van der Waals surface area (Å²) in [6.45, 7) is 0. The zero-order valence-electron chi connectivity index (χ0n) is 2.80. The Balaban J connectivity index is 0.000000250. The zero-order chi connectivity index (χ0) is 3.54. The average molecular weight is 265 g/mol. The number of hydrogen-bond donors (Lipinski definition) is 0. The molecule has 0 aromatic carbocycles. The molecule has 3 nitrogen and oxygen atoms in total. The predicted octanol–water partition coefficient (Wildman–Crippen LogP) is -0.569. The van der Waals surface area contributed by atoms with Gasteiger partial charge >= 0.3 is 22.4 Å². The molecule has 0 aliphatic carbocycles. The zero-order valence-corrected chi connectivity index (χ0v) is 4.96. The van der Waals surface area contributed by atoms with Crippen molar-refractivity contribution >= 4 is 0 Å². The predicted molar refractivity (Wildman–Crippen MR) is 15.4 cm³/mol. The smallest absolute Gasteiger partial charge is 0.374 e. The van der Waals surface area contributed by atoms with Gasteiger partial charge in [0, 0.05) is 0 Å². The molecule has 6 heavy (non-hydrogen) atoms. The van der Waals surface area contributed by atoms with Crippen molar-refractivity contribution in [3.05, 3.63) is 12.7 Å². The topological polar surface area (TPSA) is 39.9 Å². The first-order valence-electron chi connectivity index (χ1n) is 1.23. The molecule has 0 unspecified atom stereocenters. The first kappa shape index (κ1) is 5.88. The van der Waals surface area contributed by atoms with Crippen LogP contribution in [0.15, 0.2) is 12.7 Å². The third-order valence-electron chi connectivity index (χ3n) is 0.303. The Kier molecular flexibility index (Phi) is 3.02. The van der Waals surface area contributed by atoms with Gasteiger partial charge in [0.25, 0.3) is 0 Å². The van der Waals surface area contributed by atoms with Crippen LogP contribution in [0.3, 0.4) is 0 Å². The van der Waals surface area contributed by atoms with Crippen LogP contribution in [0, 0.1) is 0 Å². The molecule has 0 radical (unpaired) electrons. The molecule has 0 bridgehead atoms. The molecule has 0 saturated carbocycles. The third-order valence-corrected chi connectivity index (χ3v) is 0.303. The van der Waals surface area contributed by atoms with Crippen LogP contribution >= 0.6 is 0 Å². The van der Waals surface area contributed by atoms with E-state index in [1.165, 1.54) is 12.7 Å². The van der Waals surface area contributed by atoms with Gasteiger partial charge in [-0.1, -0.05) is 0 Å². The van der Waals surface area contributed by atoms with Crippen molar-refractivity contribution in [2.45, 2.75) is 0 Å². The number of aromatic nitrogens is 3. The van der Waals surface area contributed by atoms with Crippen molar-refractivity contribution < 1.29 is 22.4 Å². The molecule has 0 amide bonds. The van der Waals surface area contributed by atoms with E-state index in [2.05, 4.69) is 15.2 Å². The Labute approximate surface area is 50.7 Å². The maximum absolute atomic E-state index is 3.50. The number of hydrogen-bond acceptors (Lipinski definition) is 2. The van der Waals surface area contributed by atoms with E-state index in [-0.39, 0.29) is 22.4 Å². The molecule has 1 heterocycles. The first-order valence-corrected chi connectivity index (χ1v) is 1.23. The van der Waals surface area contributed by atoms with Gasteiger partial charge in [0.1, 0.15) is 0 Å². The molecule has 4 heteroatoms. The average Bonchev–Trinajstić information content (AvgIpc) is 1.76.